The summed E-state index contributed by atoms with van der Waals surface area (Å²) in [5.74, 6) is 0.167. The first-order chi connectivity index (χ1) is 14.9. The smallest absolute Gasteiger partial charge is 0.242 e. The van der Waals surface area contributed by atoms with Crippen LogP contribution in [0.4, 0.5) is 5.82 Å². The van der Waals surface area contributed by atoms with Crippen molar-refractivity contribution in [1.82, 2.24) is 19.8 Å². The van der Waals surface area contributed by atoms with E-state index in [0.717, 1.165) is 22.0 Å². The molecule has 0 spiro atoms. The number of rotatable bonds is 5. The van der Waals surface area contributed by atoms with E-state index in [4.69, 9.17) is 16.9 Å². The van der Waals surface area contributed by atoms with E-state index in [1.54, 1.807) is 28.0 Å². The van der Waals surface area contributed by atoms with Crippen molar-refractivity contribution >= 4 is 34.4 Å². The monoisotopic (exact) mass is 417 g/mol. The van der Waals surface area contributed by atoms with Crippen molar-refractivity contribution in [3.05, 3.63) is 65.5 Å². The van der Waals surface area contributed by atoms with Crippen molar-refractivity contribution in [2.75, 3.05) is 25.4 Å². The summed E-state index contributed by atoms with van der Waals surface area (Å²) in [5.41, 5.74) is 14.4. The number of aromatic nitrogens is 2. The van der Waals surface area contributed by atoms with Crippen LogP contribution in [0.15, 0.2) is 48.8 Å². The number of anilines is 1. The van der Waals surface area contributed by atoms with Gasteiger partial charge in [0.2, 0.25) is 11.8 Å². The van der Waals surface area contributed by atoms with Crippen LogP contribution in [0.1, 0.15) is 16.7 Å². The van der Waals surface area contributed by atoms with Crippen LogP contribution in [-0.2, 0) is 22.6 Å². The Kier molecular flexibility index (Phi) is 5.48. The Morgan fingerprint density at radius 3 is 2.71 bits per heavy atom. The lowest BCUT2D eigenvalue weighted by atomic mass is 10.1. The maximum Gasteiger partial charge on any atom is 0.242 e. The fourth-order valence-corrected chi connectivity index (χ4v) is 3.67. The van der Waals surface area contributed by atoms with E-state index in [2.05, 4.69) is 9.97 Å². The molecule has 9 nitrogen and oxygen atoms in total. The Morgan fingerprint density at radius 2 is 1.94 bits per heavy atom. The van der Waals surface area contributed by atoms with Crippen LogP contribution in [0, 0.1) is 5.41 Å². The van der Waals surface area contributed by atoms with Gasteiger partial charge in [0.1, 0.15) is 18.0 Å². The van der Waals surface area contributed by atoms with E-state index < -0.39 is 0 Å². The molecule has 1 aliphatic rings. The number of fused-ring (bicyclic) bond motifs is 1. The average Bonchev–Trinajstić information content (AvgIpc) is 2.75. The van der Waals surface area contributed by atoms with Gasteiger partial charge in [-0.05, 0) is 29.3 Å². The molecule has 0 atom stereocenters. The number of hydrogen-bond acceptors (Lipinski definition) is 6. The molecule has 1 fully saturated rings. The van der Waals surface area contributed by atoms with Crippen molar-refractivity contribution in [1.29, 1.82) is 5.41 Å². The predicted octanol–water partition coefficient (Wildman–Crippen LogP) is 0.910. The molecule has 5 N–H and O–H groups in total. The summed E-state index contributed by atoms with van der Waals surface area (Å²) >= 11 is 0. The highest BCUT2D eigenvalue weighted by atomic mass is 16.2. The average molecular weight is 417 g/mol. The van der Waals surface area contributed by atoms with Gasteiger partial charge in [0, 0.05) is 30.6 Å². The quantitative estimate of drug-likeness (QED) is 0.416. The zero-order valence-corrected chi connectivity index (χ0v) is 16.9. The second kappa shape index (κ2) is 8.39. The number of benzene rings is 2. The Bertz CT molecular complexity index is 1180. The highest BCUT2D eigenvalue weighted by molar-refractivity contribution is 5.95. The maximum atomic E-state index is 12.7. The van der Waals surface area contributed by atoms with E-state index in [1.807, 2.05) is 24.3 Å². The number of carbonyl (C=O) groups is 2. The van der Waals surface area contributed by atoms with E-state index in [-0.39, 0.29) is 30.6 Å². The summed E-state index contributed by atoms with van der Waals surface area (Å²) in [6, 6.07) is 12.7. The molecule has 4 rings (SSSR count). The largest absolute Gasteiger partial charge is 0.384 e. The molecule has 0 radical (unpaired) electrons. The summed E-state index contributed by atoms with van der Waals surface area (Å²) in [4.78, 5) is 36.9. The van der Waals surface area contributed by atoms with Gasteiger partial charge >= 0.3 is 0 Å². The summed E-state index contributed by atoms with van der Waals surface area (Å²) in [7, 11) is 0. The first-order valence-electron chi connectivity index (χ1n) is 9.88. The number of nitrogens with two attached hydrogens (primary N) is 2. The third kappa shape index (κ3) is 4.45. The molecule has 0 saturated carbocycles. The molecule has 0 aliphatic carbocycles. The van der Waals surface area contributed by atoms with Crippen LogP contribution >= 0.6 is 0 Å². The Balaban J connectivity index is 1.38. The highest BCUT2D eigenvalue weighted by Gasteiger charge is 2.27. The standard InChI is InChI=1S/C22H23N7O2/c23-21(24)16-3-1-2-14(8-16)10-19(30)29-7-6-28(20(31)12-29)11-15-4-5-17-18(9-15)26-13-27-22(17)25/h1-5,8-9,13H,6-7,10-12H2,(H3,23,24)(H2,25,26,27). The molecule has 2 heterocycles. The third-order valence-corrected chi connectivity index (χ3v) is 5.37. The highest BCUT2D eigenvalue weighted by Crippen LogP contribution is 2.19. The lowest BCUT2D eigenvalue weighted by Gasteiger charge is -2.34. The van der Waals surface area contributed by atoms with E-state index in [1.165, 1.54) is 6.33 Å². The van der Waals surface area contributed by atoms with Crippen LogP contribution in [0.5, 0.6) is 0 Å². The molecule has 9 heteroatoms. The first kappa shape index (κ1) is 20.3. The molecular formula is C22H23N7O2. The fourth-order valence-electron chi connectivity index (χ4n) is 3.67. The van der Waals surface area contributed by atoms with Crippen LogP contribution in [-0.4, -0.2) is 57.1 Å². The van der Waals surface area contributed by atoms with Gasteiger partial charge in [0.15, 0.2) is 0 Å². The molecular weight excluding hydrogens is 394 g/mol. The van der Waals surface area contributed by atoms with Gasteiger partial charge < -0.3 is 21.3 Å². The van der Waals surface area contributed by atoms with E-state index in [0.29, 0.717) is 31.0 Å². The fraction of sp³-hybridized carbons (Fsp3) is 0.227. The van der Waals surface area contributed by atoms with E-state index >= 15 is 0 Å². The number of amidine groups is 1. The predicted molar refractivity (Wildman–Crippen MR) is 117 cm³/mol. The lowest BCUT2D eigenvalue weighted by molar-refractivity contribution is -0.145. The van der Waals surface area contributed by atoms with Gasteiger partial charge in [-0.2, -0.15) is 0 Å². The van der Waals surface area contributed by atoms with Gasteiger partial charge in [-0.1, -0.05) is 24.3 Å². The van der Waals surface area contributed by atoms with Crippen LogP contribution < -0.4 is 11.5 Å². The van der Waals surface area contributed by atoms with Gasteiger partial charge in [-0.25, -0.2) is 9.97 Å². The van der Waals surface area contributed by atoms with Gasteiger partial charge in [-0.3, -0.25) is 15.0 Å². The maximum absolute atomic E-state index is 12.7. The zero-order chi connectivity index (χ0) is 22.0. The molecule has 2 amide bonds. The van der Waals surface area contributed by atoms with Gasteiger partial charge in [0.25, 0.3) is 0 Å². The number of piperazine rings is 1. The minimum atomic E-state index is -0.119. The third-order valence-electron chi connectivity index (χ3n) is 5.37. The number of amides is 2. The SMILES string of the molecule is N=C(N)c1cccc(CC(=O)N2CCN(Cc3ccc4c(N)ncnc4c3)C(=O)C2)c1. The van der Waals surface area contributed by atoms with Crippen LogP contribution in [0.2, 0.25) is 0 Å². The summed E-state index contributed by atoms with van der Waals surface area (Å²) in [5, 5.41) is 8.30. The molecule has 1 saturated heterocycles. The molecule has 1 aliphatic heterocycles. The lowest BCUT2D eigenvalue weighted by Crippen LogP contribution is -2.52. The van der Waals surface area contributed by atoms with Crippen LogP contribution in [0.25, 0.3) is 10.9 Å². The topological polar surface area (TPSA) is 142 Å². The molecule has 31 heavy (non-hydrogen) atoms. The van der Waals surface area contributed by atoms with Gasteiger partial charge in [-0.15, -0.1) is 0 Å². The van der Waals surface area contributed by atoms with Crippen molar-refractivity contribution in [3.8, 4) is 0 Å². The number of hydrogen-bond donors (Lipinski definition) is 3. The van der Waals surface area contributed by atoms with Crippen molar-refractivity contribution < 1.29 is 9.59 Å². The van der Waals surface area contributed by atoms with Crippen molar-refractivity contribution in [2.45, 2.75) is 13.0 Å². The number of carbonyl (C=O) groups excluding carboxylic acids is 2. The number of nitrogens with zero attached hydrogens (tertiary/aromatic N) is 4. The summed E-state index contributed by atoms with van der Waals surface area (Å²) in [6.07, 6.45) is 1.59. The minimum absolute atomic E-state index is 0.0408. The molecule has 158 valence electrons. The second-order valence-electron chi connectivity index (χ2n) is 7.53. The molecule has 2 aromatic carbocycles. The van der Waals surface area contributed by atoms with Crippen LogP contribution in [0.3, 0.4) is 0 Å². The Morgan fingerprint density at radius 1 is 1.10 bits per heavy atom. The van der Waals surface area contributed by atoms with E-state index in [9.17, 15) is 9.59 Å². The van der Waals surface area contributed by atoms with Crippen molar-refractivity contribution in [2.24, 2.45) is 5.73 Å². The normalized spacial score (nSPS) is 14.1. The zero-order valence-electron chi connectivity index (χ0n) is 16.9. The molecule has 1 aromatic heterocycles. The Labute approximate surface area is 179 Å². The molecule has 0 unspecified atom stereocenters. The summed E-state index contributed by atoms with van der Waals surface area (Å²) < 4.78 is 0. The second-order valence-corrected chi connectivity index (χ2v) is 7.53. The molecule has 3 aromatic rings. The number of nitrogens with one attached hydrogen (secondary N) is 1. The number of nitrogen functional groups attached to an aromatic ring is 2. The molecule has 0 bridgehead atoms. The minimum Gasteiger partial charge on any atom is -0.384 e. The first-order valence-corrected chi connectivity index (χ1v) is 9.88. The Hall–Kier alpha value is -4.01. The summed E-state index contributed by atoms with van der Waals surface area (Å²) in [6.45, 7) is 1.43. The van der Waals surface area contributed by atoms with Gasteiger partial charge in [0.05, 0.1) is 18.5 Å². The van der Waals surface area contributed by atoms with Crippen molar-refractivity contribution in [3.63, 3.8) is 0 Å².